The Balaban J connectivity index is 2.41. The van der Waals surface area contributed by atoms with Gasteiger partial charge in [0.05, 0.1) is 6.61 Å². The summed E-state index contributed by atoms with van der Waals surface area (Å²) in [6.07, 6.45) is 3.32. The maximum absolute atomic E-state index is 11.3. The number of nitrogens with zero attached hydrogens (tertiary/aromatic N) is 1. The monoisotopic (exact) mass is 209 g/mol. The smallest absolute Gasteiger partial charge is 0.250 e. The SMILES string of the molecule is Cc1cnccc1NC(=O)COCCN. The molecule has 0 aliphatic rings. The fourth-order valence-electron chi connectivity index (χ4n) is 1.05. The third-order valence-corrected chi connectivity index (χ3v) is 1.79. The zero-order valence-electron chi connectivity index (χ0n) is 8.69. The average Bonchev–Trinajstić information content (AvgIpc) is 2.22. The third kappa shape index (κ3) is 4.05. The molecule has 0 saturated carbocycles. The summed E-state index contributed by atoms with van der Waals surface area (Å²) in [5.74, 6) is -0.183. The zero-order valence-corrected chi connectivity index (χ0v) is 8.69. The van der Waals surface area contributed by atoms with E-state index in [1.165, 1.54) is 0 Å². The molecule has 0 radical (unpaired) electrons. The largest absolute Gasteiger partial charge is 0.370 e. The molecule has 0 aromatic carbocycles. The molecule has 1 rings (SSSR count). The minimum Gasteiger partial charge on any atom is -0.370 e. The molecule has 1 aromatic heterocycles. The van der Waals surface area contributed by atoms with Crippen molar-refractivity contribution in [3.05, 3.63) is 24.0 Å². The summed E-state index contributed by atoms with van der Waals surface area (Å²) in [6, 6.07) is 1.75. The van der Waals surface area contributed by atoms with Crippen molar-refractivity contribution in [3.63, 3.8) is 0 Å². The van der Waals surface area contributed by atoms with E-state index in [1.807, 2.05) is 6.92 Å². The number of anilines is 1. The number of rotatable bonds is 5. The van der Waals surface area contributed by atoms with Gasteiger partial charge >= 0.3 is 0 Å². The number of hydrogen-bond acceptors (Lipinski definition) is 4. The minimum atomic E-state index is -0.183. The number of carbonyl (C=O) groups excluding carboxylic acids is 1. The second-order valence-corrected chi connectivity index (χ2v) is 3.08. The zero-order chi connectivity index (χ0) is 11.1. The van der Waals surface area contributed by atoms with Crippen molar-refractivity contribution in [2.45, 2.75) is 6.92 Å². The first-order valence-corrected chi connectivity index (χ1v) is 4.72. The molecule has 0 bridgehead atoms. The molecule has 0 aliphatic carbocycles. The van der Waals surface area contributed by atoms with Crippen LogP contribution in [0.4, 0.5) is 5.69 Å². The Labute approximate surface area is 88.6 Å². The number of nitrogens with two attached hydrogens (primary N) is 1. The van der Waals surface area contributed by atoms with Gasteiger partial charge in [0, 0.05) is 24.6 Å². The molecule has 0 saturated heterocycles. The number of nitrogens with one attached hydrogen (secondary N) is 1. The first-order chi connectivity index (χ1) is 7.24. The van der Waals surface area contributed by atoms with E-state index in [2.05, 4.69) is 10.3 Å². The topological polar surface area (TPSA) is 77.2 Å². The predicted molar refractivity (Wildman–Crippen MR) is 57.5 cm³/mol. The van der Waals surface area contributed by atoms with Crippen LogP contribution in [0.25, 0.3) is 0 Å². The second-order valence-electron chi connectivity index (χ2n) is 3.08. The fraction of sp³-hybridized carbons (Fsp3) is 0.400. The van der Waals surface area contributed by atoms with Gasteiger partial charge in [-0.05, 0) is 18.6 Å². The summed E-state index contributed by atoms with van der Waals surface area (Å²) in [7, 11) is 0. The molecule has 5 heteroatoms. The molecule has 1 amide bonds. The Morgan fingerprint density at radius 2 is 2.47 bits per heavy atom. The first kappa shape index (κ1) is 11.6. The number of aryl methyl sites for hydroxylation is 1. The summed E-state index contributed by atoms with van der Waals surface area (Å²) < 4.78 is 5.00. The lowest BCUT2D eigenvalue weighted by atomic mass is 10.2. The van der Waals surface area contributed by atoms with E-state index in [-0.39, 0.29) is 12.5 Å². The van der Waals surface area contributed by atoms with Gasteiger partial charge in [-0.1, -0.05) is 0 Å². The normalized spacial score (nSPS) is 10.0. The van der Waals surface area contributed by atoms with Crippen LogP contribution >= 0.6 is 0 Å². The van der Waals surface area contributed by atoms with Crippen LogP contribution in [0.3, 0.4) is 0 Å². The van der Waals surface area contributed by atoms with Crippen LogP contribution in [0.15, 0.2) is 18.5 Å². The summed E-state index contributed by atoms with van der Waals surface area (Å²) >= 11 is 0. The van der Waals surface area contributed by atoms with Crippen molar-refractivity contribution < 1.29 is 9.53 Å². The van der Waals surface area contributed by atoms with Crippen molar-refractivity contribution in [3.8, 4) is 0 Å². The van der Waals surface area contributed by atoms with Crippen molar-refractivity contribution >= 4 is 11.6 Å². The summed E-state index contributed by atoms with van der Waals surface area (Å²) in [5, 5.41) is 2.72. The van der Waals surface area contributed by atoms with Crippen LogP contribution in [-0.2, 0) is 9.53 Å². The first-order valence-electron chi connectivity index (χ1n) is 4.72. The van der Waals surface area contributed by atoms with Crippen molar-refractivity contribution in [1.29, 1.82) is 0 Å². The van der Waals surface area contributed by atoms with Gasteiger partial charge in [-0.3, -0.25) is 9.78 Å². The van der Waals surface area contributed by atoms with Crippen LogP contribution in [0, 0.1) is 6.92 Å². The van der Waals surface area contributed by atoms with E-state index in [4.69, 9.17) is 10.5 Å². The van der Waals surface area contributed by atoms with Gasteiger partial charge in [-0.25, -0.2) is 0 Å². The predicted octanol–water partition coefficient (Wildman–Crippen LogP) is 0.304. The van der Waals surface area contributed by atoms with E-state index in [0.717, 1.165) is 11.3 Å². The lowest BCUT2D eigenvalue weighted by Gasteiger charge is -2.07. The van der Waals surface area contributed by atoms with E-state index >= 15 is 0 Å². The van der Waals surface area contributed by atoms with Crippen LogP contribution in [0.5, 0.6) is 0 Å². The number of amides is 1. The molecular formula is C10H15N3O2. The van der Waals surface area contributed by atoms with Crippen molar-refractivity contribution in [2.75, 3.05) is 25.1 Å². The number of carbonyl (C=O) groups is 1. The summed E-state index contributed by atoms with van der Waals surface area (Å²) in [5.41, 5.74) is 6.90. The van der Waals surface area contributed by atoms with Gasteiger partial charge in [-0.2, -0.15) is 0 Å². The van der Waals surface area contributed by atoms with Crippen LogP contribution in [-0.4, -0.2) is 30.6 Å². The van der Waals surface area contributed by atoms with Crippen molar-refractivity contribution in [1.82, 2.24) is 4.98 Å². The van der Waals surface area contributed by atoms with E-state index in [9.17, 15) is 4.79 Å². The average molecular weight is 209 g/mol. The molecule has 0 fully saturated rings. The van der Waals surface area contributed by atoms with Gasteiger partial charge in [0.25, 0.3) is 0 Å². The molecule has 1 heterocycles. The second kappa shape index (κ2) is 6.10. The maximum Gasteiger partial charge on any atom is 0.250 e. The molecule has 5 nitrogen and oxygen atoms in total. The third-order valence-electron chi connectivity index (χ3n) is 1.79. The Kier molecular flexibility index (Phi) is 4.73. The summed E-state index contributed by atoms with van der Waals surface area (Å²) in [6.45, 7) is 2.71. The molecular weight excluding hydrogens is 194 g/mol. The Hall–Kier alpha value is -1.46. The highest BCUT2D eigenvalue weighted by molar-refractivity contribution is 5.92. The molecule has 0 unspecified atom stereocenters. The van der Waals surface area contributed by atoms with Gasteiger partial charge in [0.1, 0.15) is 6.61 Å². The van der Waals surface area contributed by atoms with E-state index < -0.39 is 0 Å². The van der Waals surface area contributed by atoms with Gasteiger partial charge in [-0.15, -0.1) is 0 Å². The Bertz CT molecular complexity index is 328. The number of pyridine rings is 1. The molecule has 3 N–H and O–H groups in total. The van der Waals surface area contributed by atoms with Gasteiger partial charge < -0.3 is 15.8 Å². The Morgan fingerprint density at radius 3 is 3.13 bits per heavy atom. The van der Waals surface area contributed by atoms with Gasteiger partial charge in [0.2, 0.25) is 5.91 Å². The fourth-order valence-corrected chi connectivity index (χ4v) is 1.05. The van der Waals surface area contributed by atoms with Gasteiger partial charge in [0.15, 0.2) is 0 Å². The van der Waals surface area contributed by atoms with Crippen LogP contribution in [0.2, 0.25) is 0 Å². The van der Waals surface area contributed by atoms with E-state index in [1.54, 1.807) is 18.5 Å². The van der Waals surface area contributed by atoms with Crippen LogP contribution < -0.4 is 11.1 Å². The lowest BCUT2D eigenvalue weighted by molar-refractivity contribution is -0.120. The maximum atomic E-state index is 11.3. The number of ether oxygens (including phenoxy) is 1. The highest BCUT2D eigenvalue weighted by Gasteiger charge is 2.03. The lowest BCUT2D eigenvalue weighted by Crippen LogP contribution is -2.21. The molecule has 0 atom stereocenters. The van der Waals surface area contributed by atoms with Crippen LogP contribution in [0.1, 0.15) is 5.56 Å². The Morgan fingerprint density at radius 1 is 1.67 bits per heavy atom. The van der Waals surface area contributed by atoms with E-state index in [0.29, 0.717) is 13.2 Å². The quantitative estimate of drug-likeness (QED) is 0.684. The molecule has 0 spiro atoms. The summed E-state index contributed by atoms with van der Waals surface area (Å²) in [4.78, 5) is 15.3. The highest BCUT2D eigenvalue weighted by Crippen LogP contribution is 2.10. The van der Waals surface area contributed by atoms with Crippen molar-refractivity contribution in [2.24, 2.45) is 5.73 Å². The standard InChI is InChI=1S/C10H15N3O2/c1-8-6-12-4-2-9(8)13-10(14)7-15-5-3-11/h2,4,6H,3,5,7,11H2,1H3,(H,12,13,14). The highest BCUT2D eigenvalue weighted by atomic mass is 16.5. The molecule has 15 heavy (non-hydrogen) atoms. The molecule has 82 valence electrons. The number of hydrogen-bond donors (Lipinski definition) is 2. The minimum absolute atomic E-state index is 0.0267. The molecule has 0 aliphatic heterocycles. The number of aromatic nitrogens is 1. The molecule has 1 aromatic rings.